The summed E-state index contributed by atoms with van der Waals surface area (Å²) in [6.45, 7) is 2.42. The summed E-state index contributed by atoms with van der Waals surface area (Å²) in [4.78, 5) is 23.1. The molecule has 7 nitrogen and oxygen atoms in total. The first-order valence-corrected chi connectivity index (χ1v) is 9.07. The number of halogens is 1. The molecular weight excluding hydrogens is 373 g/mol. The zero-order chi connectivity index (χ0) is 20.6. The van der Waals surface area contributed by atoms with Crippen molar-refractivity contribution in [3.8, 4) is 0 Å². The van der Waals surface area contributed by atoms with Gasteiger partial charge in [-0.1, -0.05) is 24.3 Å². The van der Waals surface area contributed by atoms with Crippen LogP contribution in [0.15, 0.2) is 66.9 Å². The summed E-state index contributed by atoms with van der Waals surface area (Å²) < 4.78 is 18.6. The lowest BCUT2D eigenvalue weighted by Gasteiger charge is -2.23. The maximum atomic E-state index is 13.5. The first-order chi connectivity index (χ1) is 14.1. The van der Waals surface area contributed by atoms with E-state index in [1.165, 1.54) is 23.1 Å². The lowest BCUT2D eigenvalue weighted by atomic mass is 10.3. The van der Waals surface area contributed by atoms with Gasteiger partial charge in [-0.25, -0.2) is 19.1 Å². The number of amides is 2. The second-order valence-corrected chi connectivity index (χ2v) is 6.35. The predicted octanol–water partition coefficient (Wildman–Crippen LogP) is 4.43. The molecule has 3 rings (SSSR count). The average Bonchev–Trinajstić information content (AvgIpc) is 2.69. The number of benzene rings is 2. The standard InChI is InChI=1S/C21H22FN5O2/c1-15(14-29-2)24-20-23-12-11-19(26-20)27(18-9-4-3-5-10-18)21(28)25-17-8-6-7-16(22)13-17/h3-13,15H,14H2,1-2H3,(H,25,28)(H,23,24,26)/t15-/m0/s1. The van der Waals surface area contributed by atoms with E-state index in [9.17, 15) is 9.18 Å². The Morgan fingerprint density at radius 2 is 1.97 bits per heavy atom. The predicted molar refractivity (Wildman–Crippen MR) is 111 cm³/mol. The number of para-hydroxylation sites is 1. The minimum Gasteiger partial charge on any atom is -0.383 e. The molecule has 0 bridgehead atoms. The summed E-state index contributed by atoms with van der Waals surface area (Å²) in [7, 11) is 1.61. The van der Waals surface area contributed by atoms with Crippen molar-refractivity contribution in [3.63, 3.8) is 0 Å². The van der Waals surface area contributed by atoms with E-state index < -0.39 is 11.8 Å². The van der Waals surface area contributed by atoms with E-state index in [4.69, 9.17) is 4.74 Å². The molecule has 2 amide bonds. The molecule has 0 spiro atoms. The highest BCUT2D eigenvalue weighted by Gasteiger charge is 2.20. The minimum atomic E-state index is -0.476. The third kappa shape index (κ3) is 5.49. The second kappa shape index (κ2) is 9.61. The Morgan fingerprint density at radius 1 is 1.17 bits per heavy atom. The van der Waals surface area contributed by atoms with Gasteiger partial charge in [0.1, 0.15) is 11.6 Å². The van der Waals surface area contributed by atoms with Gasteiger partial charge in [0.15, 0.2) is 0 Å². The van der Waals surface area contributed by atoms with Crippen LogP contribution < -0.4 is 15.5 Å². The number of aromatic nitrogens is 2. The summed E-state index contributed by atoms with van der Waals surface area (Å²) in [6, 6.07) is 15.9. The molecule has 0 unspecified atom stereocenters. The molecule has 0 radical (unpaired) electrons. The maximum absolute atomic E-state index is 13.5. The van der Waals surface area contributed by atoms with E-state index in [1.54, 1.807) is 37.6 Å². The van der Waals surface area contributed by atoms with Crippen LogP contribution in [-0.4, -0.2) is 35.8 Å². The van der Waals surface area contributed by atoms with Gasteiger partial charge in [-0.15, -0.1) is 0 Å². The first-order valence-electron chi connectivity index (χ1n) is 9.07. The highest BCUT2D eigenvalue weighted by Crippen LogP contribution is 2.25. The van der Waals surface area contributed by atoms with Crippen LogP contribution in [0.3, 0.4) is 0 Å². The van der Waals surface area contributed by atoms with Crippen LogP contribution in [-0.2, 0) is 4.74 Å². The zero-order valence-electron chi connectivity index (χ0n) is 16.2. The van der Waals surface area contributed by atoms with Crippen molar-refractivity contribution in [2.45, 2.75) is 13.0 Å². The maximum Gasteiger partial charge on any atom is 0.332 e. The molecular formula is C21H22FN5O2. The number of rotatable bonds is 7. The summed E-state index contributed by atoms with van der Waals surface area (Å²) in [5.74, 6) is 0.300. The Bertz CT molecular complexity index is 955. The number of carbonyl (C=O) groups excluding carboxylic acids is 1. The third-order valence-corrected chi connectivity index (χ3v) is 3.96. The van der Waals surface area contributed by atoms with E-state index in [0.717, 1.165) is 0 Å². The molecule has 8 heteroatoms. The third-order valence-electron chi connectivity index (χ3n) is 3.96. The molecule has 29 heavy (non-hydrogen) atoms. The molecule has 150 valence electrons. The lowest BCUT2D eigenvalue weighted by Crippen LogP contribution is -2.32. The molecule has 1 aromatic heterocycles. The number of hydrogen-bond acceptors (Lipinski definition) is 5. The van der Waals surface area contributed by atoms with Crippen LogP contribution in [0, 0.1) is 5.82 Å². The number of nitrogens with one attached hydrogen (secondary N) is 2. The number of carbonyl (C=O) groups is 1. The summed E-state index contributed by atoms with van der Waals surface area (Å²) in [5.41, 5.74) is 0.952. The molecule has 0 aliphatic heterocycles. The van der Waals surface area contributed by atoms with Gasteiger partial charge in [0.05, 0.1) is 12.3 Å². The van der Waals surface area contributed by atoms with Gasteiger partial charge in [-0.2, -0.15) is 4.98 Å². The Labute approximate surface area is 168 Å². The van der Waals surface area contributed by atoms with Crippen molar-refractivity contribution >= 4 is 29.2 Å². The molecule has 1 atom stereocenters. The van der Waals surface area contributed by atoms with E-state index in [1.807, 2.05) is 25.1 Å². The lowest BCUT2D eigenvalue weighted by molar-refractivity contribution is 0.190. The molecule has 0 aliphatic carbocycles. The van der Waals surface area contributed by atoms with Gasteiger partial charge in [-0.3, -0.25) is 0 Å². The number of nitrogens with zero attached hydrogens (tertiary/aromatic N) is 3. The Hall–Kier alpha value is -3.52. The Balaban J connectivity index is 1.91. The average molecular weight is 395 g/mol. The van der Waals surface area contributed by atoms with Crippen molar-refractivity contribution in [3.05, 3.63) is 72.7 Å². The SMILES string of the molecule is COC[C@H](C)Nc1nccc(N(C(=O)Nc2cccc(F)c2)c2ccccc2)n1. The molecule has 0 saturated heterocycles. The van der Waals surface area contributed by atoms with Crippen LogP contribution in [0.2, 0.25) is 0 Å². The molecule has 2 aromatic carbocycles. The normalized spacial score (nSPS) is 11.6. The van der Waals surface area contributed by atoms with Gasteiger partial charge >= 0.3 is 6.03 Å². The first kappa shape index (κ1) is 20.2. The molecule has 3 aromatic rings. The van der Waals surface area contributed by atoms with Crippen LogP contribution >= 0.6 is 0 Å². The van der Waals surface area contributed by atoms with Crippen molar-refractivity contribution in [1.29, 1.82) is 0 Å². The van der Waals surface area contributed by atoms with E-state index in [2.05, 4.69) is 20.6 Å². The number of methoxy groups -OCH3 is 1. The summed E-state index contributed by atoms with van der Waals surface area (Å²) >= 11 is 0. The number of anilines is 4. The fraction of sp³-hybridized carbons (Fsp3) is 0.190. The second-order valence-electron chi connectivity index (χ2n) is 6.35. The molecule has 0 fully saturated rings. The fourth-order valence-corrected chi connectivity index (χ4v) is 2.73. The van der Waals surface area contributed by atoms with E-state index >= 15 is 0 Å². The molecule has 1 heterocycles. The number of urea groups is 1. The zero-order valence-corrected chi connectivity index (χ0v) is 16.2. The summed E-state index contributed by atoms with van der Waals surface area (Å²) in [6.07, 6.45) is 1.57. The van der Waals surface area contributed by atoms with Gasteiger partial charge in [0.2, 0.25) is 5.95 Å². The fourth-order valence-electron chi connectivity index (χ4n) is 2.73. The Kier molecular flexibility index (Phi) is 6.70. The highest BCUT2D eigenvalue weighted by molar-refractivity contribution is 6.06. The van der Waals surface area contributed by atoms with Gasteiger partial charge in [0, 0.05) is 31.1 Å². The molecule has 0 aliphatic rings. The molecule has 0 saturated carbocycles. The van der Waals surface area contributed by atoms with Crippen molar-refractivity contribution in [2.75, 3.05) is 29.3 Å². The van der Waals surface area contributed by atoms with Crippen LogP contribution in [0.1, 0.15) is 6.92 Å². The van der Waals surface area contributed by atoms with E-state index in [0.29, 0.717) is 29.7 Å². The van der Waals surface area contributed by atoms with Crippen molar-refractivity contribution in [1.82, 2.24) is 9.97 Å². The van der Waals surface area contributed by atoms with Crippen LogP contribution in [0.5, 0.6) is 0 Å². The van der Waals surface area contributed by atoms with Crippen LogP contribution in [0.25, 0.3) is 0 Å². The Morgan fingerprint density at radius 3 is 2.69 bits per heavy atom. The largest absolute Gasteiger partial charge is 0.383 e. The number of hydrogen-bond donors (Lipinski definition) is 2. The van der Waals surface area contributed by atoms with Gasteiger partial charge in [0.25, 0.3) is 0 Å². The monoisotopic (exact) mass is 395 g/mol. The smallest absolute Gasteiger partial charge is 0.332 e. The van der Waals surface area contributed by atoms with Crippen molar-refractivity contribution in [2.24, 2.45) is 0 Å². The van der Waals surface area contributed by atoms with Crippen molar-refractivity contribution < 1.29 is 13.9 Å². The number of ether oxygens (including phenoxy) is 1. The van der Waals surface area contributed by atoms with Gasteiger partial charge < -0.3 is 15.4 Å². The van der Waals surface area contributed by atoms with Crippen LogP contribution in [0.4, 0.5) is 32.3 Å². The minimum absolute atomic E-state index is 0.0125. The molecule has 2 N–H and O–H groups in total. The van der Waals surface area contributed by atoms with Gasteiger partial charge in [-0.05, 0) is 37.3 Å². The summed E-state index contributed by atoms with van der Waals surface area (Å²) in [5, 5.41) is 5.84. The highest BCUT2D eigenvalue weighted by atomic mass is 19.1. The van der Waals surface area contributed by atoms with E-state index in [-0.39, 0.29) is 6.04 Å². The quantitative estimate of drug-likeness (QED) is 0.619. The topological polar surface area (TPSA) is 79.4 Å².